The van der Waals surface area contributed by atoms with Gasteiger partial charge in [-0.2, -0.15) is 4.72 Å². The Morgan fingerprint density at radius 2 is 1.77 bits per heavy atom. The maximum absolute atomic E-state index is 12.1. The number of hydrogen-bond acceptors (Lipinski definition) is 4. The molecule has 6 nitrogen and oxygen atoms in total. The van der Waals surface area contributed by atoms with Crippen LogP contribution in [-0.2, 0) is 21.4 Å². The van der Waals surface area contributed by atoms with Crippen molar-refractivity contribution in [3.63, 3.8) is 0 Å². The Bertz CT molecular complexity index is 718. The SMILES string of the molecule is C[C@H](NS(=O)(=O)c1ccccc1)C(=O)NCc1ccncc1. The minimum atomic E-state index is -3.71. The van der Waals surface area contributed by atoms with E-state index in [2.05, 4.69) is 15.0 Å². The first kappa shape index (κ1) is 16.1. The third-order valence-electron chi connectivity index (χ3n) is 2.99. The molecule has 7 heteroatoms. The molecule has 116 valence electrons. The molecule has 2 aromatic rings. The molecule has 0 aliphatic rings. The summed E-state index contributed by atoms with van der Waals surface area (Å²) in [6, 6.07) is 10.6. The van der Waals surface area contributed by atoms with E-state index < -0.39 is 22.0 Å². The zero-order valence-electron chi connectivity index (χ0n) is 12.1. The largest absolute Gasteiger partial charge is 0.351 e. The minimum Gasteiger partial charge on any atom is -0.351 e. The summed E-state index contributed by atoms with van der Waals surface area (Å²) in [7, 11) is -3.71. The molecular weight excluding hydrogens is 302 g/mol. The highest BCUT2D eigenvalue weighted by Crippen LogP contribution is 2.08. The van der Waals surface area contributed by atoms with E-state index in [0.29, 0.717) is 6.54 Å². The van der Waals surface area contributed by atoms with E-state index in [1.54, 1.807) is 42.7 Å². The number of pyridine rings is 1. The van der Waals surface area contributed by atoms with Crippen molar-refractivity contribution < 1.29 is 13.2 Å². The molecule has 0 bridgehead atoms. The van der Waals surface area contributed by atoms with Gasteiger partial charge in [-0.15, -0.1) is 0 Å². The molecule has 0 aliphatic carbocycles. The molecule has 1 aromatic heterocycles. The van der Waals surface area contributed by atoms with Crippen LogP contribution in [0.4, 0.5) is 0 Å². The maximum Gasteiger partial charge on any atom is 0.241 e. The van der Waals surface area contributed by atoms with Crippen molar-refractivity contribution in [2.45, 2.75) is 24.4 Å². The standard InChI is InChI=1S/C15H17N3O3S/c1-12(15(19)17-11-13-7-9-16-10-8-13)18-22(20,21)14-5-3-2-4-6-14/h2-10,12,18H,11H2,1H3,(H,17,19)/t12-/m0/s1. The Morgan fingerprint density at radius 3 is 2.41 bits per heavy atom. The highest BCUT2D eigenvalue weighted by atomic mass is 32.2. The van der Waals surface area contributed by atoms with E-state index in [1.807, 2.05) is 0 Å². The van der Waals surface area contributed by atoms with Crippen molar-refractivity contribution in [1.29, 1.82) is 0 Å². The van der Waals surface area contributed by atoms with Gasteiger partial charge in [-0.3, -0.25) is 9.78 Å². The van der Waals surface area contributed by atoms with Crippen LogP contribution in [0, 0.1) is 0 Å². The van der Waals surface area contributed by atoms with Gasteiger partial charge in [-0.25, -0.2) is 8.42 Å². The van der Waals surface area contributed by atoms with E-state index >= 15 is 0 Å². The Balaban J connectivity index is 1.94. The molecule has 1 amide bonds. The van der Waals surface area contributed by atoms with Gasteiger partial charge in [0.15, 0.2) is 0 Å². The molecule has 0 radical (unpaired) electrons. The Labute approximate surface area is 129 Å². The lowest BCUT2D eigenvalue weighted by Crippen LogP contribution is -2.44. The van der Waals surface area contributed by atoms with Crippen molar-refractivity contribution in [2.24, 2.45) is 0 Å². The number of amides is 1. The first-order chi connectivity index (χ1) is 10.5. The van der Waals surface area contributed by atoms with Crippen LogP contribution in [0.25, 0.3) is 0 Å². The molecule has 1 heterocycles. The van der Waals surface area contributed by atoms with E-state index in [-0.39, 0.29) is 4.90 Å². The van der Waals surface area contributed by atoms with Gasteiger partial charge in [-0.1, -0.05) is 18.2 Å². The number of hydrogen-bond donors (Lipinski definition) is 2. The molecule has 2 rings (SSSR count). The number of benzene rings is 1. The van der Waals surface area contributed by atoms with Crippen LogP contribution in [0.2, 0.25) is 0 Å². The van der Waals surface area contributed by atoms with Crippen LogP contribution in [0.15, 0.2) is 59.8 Å². The Hall–Kier alpha value is -2.25. The first-order valence-electron chi connectivity index (χ1n) is 6.73. The summed E-state index contributed by atoms with van der Waals surface area (Å²) >= 11 is 0. The molecule has 22 heavy (non-hydrogen) atoms. The van der Waals surface area contributed by atoms with Crippen LogP contribution in [0.1, 0.15) is 12.5 Å². The molecule has 0 saturated heterocycles. The highest BCUT2D eigenvalue weighted by Gasteiger charge is 2.21. The average Bonchev–Trinajstić information content (AvgIpc) is 2.54. The fraction of sp³-hybridized carbons (Fsp3) is 0.200. The van der Waals surface area contributed by atoms with E-state index in [1.165, 1.54) is 19.1 Å². The van der Waals surface area contributed by atoms with Gasteiger partial charge >= 0.3 is 0 Å². The smallest absolute Gasteiger partial charge is 0.241 e. The summed E-state index contributed by atoms with van der Waals surface area (Å²) in [6.45, 7) is 1.82. The molecule has 0 spiro atoms. The first-order valence-corrected chi connectivity index (χ1v) is 8.21. The predicted octanol–water partition coefficient (Wildman–Crippen LogP) is 1.06. The van der Waals surface area contributed by atoms with Crippen LogP contribution < -0.4 is 10.0 Å². The van der Waals surface area contributed by atoms with Gasteiger partial charge in [0, 0.05) is 18.9 Å². The van der Waals surface area contributed by atoms with Crippen molar-refractivity contribution in [2.75, 3.05) is 0 Å². The van der Waals surface area contributed by atoms with Crippen LogP contribution >= 0.6 is 0 Å². The normalized spacial score (nSPS) is 12.6. The van der Waals surface area contributed by atoms with Gasteiger partial charge in [0.05, 0.1) is 10.9 Å². The zero-order chi connectivity index (χ0) is 16.0. The topological polar surface area (TPSA) is 88.2 Å². The number of carbonyl (C=O) groups excluding carboxylic acids is 1. The number of sulfonamides is 1. The number of aromatic nitrogens is 1. The van der Waals surface area contributed by atoms with Crippen molar-refractivity contribution >= 4 is 15.9 Å². The number of rotatable bonds is 6. The third kappa shape index (κ3) is 4.37. The lowest BCUT2D eigenvalue weighted by atomic mass is 10.2. The molecule has 0 aliphatic heterocycles. The fourth-order valence-electron chi connectivity index (χ4n) is 1.80. The molecule has 0 fully saturated rings. The molecule has 0 unspecified atom stereocenters. The second-order valence-corrected chi connectivity index (χ2v) is 6.44. The van der Waals surface area contributed by atoms with Gasteiger partial charge in [0.1, 0.15) is 0 Å². The van der Waals surface area contributed by atoms with Crippen LogP contribution in [0.5, 0.6) is 0 Å². The summed E-state index contributed by atoms with van der Waals surface area (Å²) in [5, 5.41) is 2.68. The quantitative estimate of drug-likeness (QED) is 0.833. The minimum absolute atomic E-state index is 0.129. The third-order valence-corrected chi connectivity index (χ3v) is 4.55. The highest BCUT2D eigenvalue weighted by molar-refractivity contribution is 7.89. The summed E-state index contributed by atoms with van der Waals surface area (Å²) in [5.41, 5.74) is 0.890. The Morgan fingerprint density at radius 1 is 1.14 bits per heavy atom. The van der Waals surface area contributed by atoms with Gasteiger partial charge in [-0.05, 0) is 36.8 Å². The summed E-state index contributed by atoms with van der Waals surface area (Å²) in [4.78, 5) is 16.0. The van der Waals surface area contributed by atoms with E-state index in [0.717, 1.165) is 5.56 Å². The van der Waals surface area contributed by atoms with Crippen molar-refractivity contribution in [1.82, 2.24) is 15.0 Å². The molecule has 1 aromatic carbocycles. The van der Waals surface area contributed by atoms with Crippen LogP contribution in [0.3, 0.4) is 0 Å². The van der Waals surface area contributed by atoms with E-state index in [4.69, 9.17) is 0 Å². The lowest BCUT2D eigenvalue weighted by Gasteiger charge is -2.14. The van der Waals surface area contributed by atoms with Gasteiger partial charge in [0.25, 0.3) is 0 Å². The molecular formula is C15H17N3O3S. The monoisotopic (exact) mass is 319 g/mol. The molecule has 0 saturated carbocycles. The number of nitrogens with one attached hydrogen (secondary N) is 2. The molecule has 2 N–H and O–H groups in total. The number of nitrogens with zero attached hydrogens (tertiary/aromatic N) is 1. The lowest BCUT2D eigenvalue weighted by molar-refractivity contribution is -0.122. The Kier molecular flexibility index (Phi) is 5.24. The average molecular weight is 319 g/mol. The second-order valence-electron chi connectivity index (χ2n) is 4.73. The summed E-state index contributed by atoms with van der Waals surface area (Å²) in [5.74, 6) is -0.392. The van der Waals surface area contributed by atoms with Crippen LogP contribution in [-0.4, -0.2) is 25.4 Å². The van der Waals surface area contributed by atoms with Crippen molar-refractivity contribution in [3.05, 3.63) is 60.4 Å². The molecule has 1 atom stereocenters. The second kappa shape index (κ2) is 7.15. The summed E-state index contributed by atoms with van der Waals surface area (Å²) in [6.07, 6.45) is 3.26. The fourth-order valence-corrected chi connectivity index (χ4v) is 3.02. The predicted molar refractivity (Wildman–Crippen MR) is 82.3 cm³/mol. The zero-order valence-corrected chi connectivity index (χ0v) is 12.9. The van der Waals surface area contributed by atoms with Gasteiger partial charge in [0.2, 0.25) is 15.9 Å². The van der Waals surface area contributed by atoms with Gasteiger partial charge < -0.3 is 5.32 Å². The summed E-state index contributed by atoms with van der Waals surface area (Å²) < 4.78 is 26.6. The maximum atomic E-state index is 12.1. The number of carbonyl (C=O) groups is 1. The van der Waals surface area contributed by atoms with E-state index in [9.17, 15) is 13.2 Å². The van der Waals surface area contributed by atoms with Crippen molar-refractivity contribution in [3.8, 4) is 0 Å².